The fourth-order valence-electron chi connectivity index (χ4n) is 6.01. The summed E-state index contributed by atoms with van der Waals surface area (Å²) >= 11 is 4.82. The molecule has 1 aliphatic carbocycles. The van der Waals surface area contributed by atoms with Gasteiger partial charge in [-0.2, -0.15) is 13.2 Å². The first kappa shape index (κ1) is 52.9. The Kier molecular flexibility index (Phi) is 23.7. The molecule has 0 unspecified atom stereocenters. The standard InChI is InChI=1S/C35H36F3N5O5.C2H3ClO.4C2H6/c1-39-21-10-15-43(16-11-21)28-8-7-23(18-26(28)35(36,37)38)42-33(45)34(12-13-34)32(44)41-22-5-4-6-24(17-22)48-29-9-14-40-27-20-31(47-3)30(46-2)19-25(27)29;3-1-2-4;4*1-2/h4-9,14,17-21,39H,10-13,15-16H2,1-3H3,(H,41,44)(H,42,45);2H,1H2;4*1-2H3. The van der Waals surface area contributed by atoms with Crippen molar-refractivity contribution in [2.45, 2.75) is 93.3 Å². The van der Waals surface area contributed by atoms with Gasteiger partial charge in [-0.1, -0.05) is 61.5 Å². The van der Waals surface area contributed by atoms with Crippen LogP contribution in [0.3, 0.4) is 0 Å². The lowest BCUT2D eigenvalue weighted by molar-refractivity contribution is -0.137. The van der Waals surface area contributed by atoms with Crippen molar-refractivity contribution in [3.8, 4) is 23.0 Å². The Hall–Kier alpha value is -5.08. The predicted octanol–water partition coefficient (Wildman–Crippen LogP) is 11.1. The second kappa shape index (κ2) is 26.9. The van der Waals surface area contributed by atoms with Gasteiger partial charge in [0.05, 0.1) is 31.2 Å². The number of carbonyl (C=O) groups is 3. The first-order valence-corrected chi connectivity index (χ1v) is 21.0. The molecular formula is C45H63ClF3N5O6. The number of nitrogens with zero attached hydrogens (tertiary/aromatic N) is 2. The van der Waals surface area contributed by atoms with Gasteiger partial charge in [-0.25, -0.2) is 0 Å². The van der Waals surface area contributed by atoms with E-state index in [0.29, 0.717) is 59.0 Å². The van der Waals surface area contributed by atoms with Gasteiger partial charge in [-0.3, -0.25) is 14.6 Å². The average molecular weight is 862 g/mol. The Morgan fingerprint density at radius 1 is 0.833 bits per heavy atom. The van der Waals surface area contributed by atoms with Crippen LogP contribution in [0.15, 0.2) is 66.9 Å². The highest BCUT2D eigenvalue weighted by atomic mass is 35.5. The Morgan fingerprint density at radius 3 is 1.88 bits per heavy atom. The molecule has 2 amide bonds. The number of nitrogens with one attached hydrogen (secondary N) is 3. The Morgan fingerprint density at radius 2 is 1.38 bits per heavy atom. The fraction of sp³-hybridized carbons (Fsp3) is 0.467. The molecule has 1 saturated heterocycles. The number of fused-ring (bicyclic) bond motifs is 1. The first-order valence-electron chi connectivity index (χ1n) is 20.5. The zero-order valence-corrected chi connectivity index (χ0v) is 37.6. The highest BCUT2D eigenvalue weighted by Crippen LogP contribution is 2.48. The second-order valence-electron chi connectivity index (χ2n) is 12.3. The number of hydrogen-bond donors (Lipinski definition) is 3. The molecule has 0 radical (unpaired) electrons. The molecular weight excluding hydrogens is 799 g/mol. The van der Waals surface area contributed by atoms with E-state index in [1.54, 1.807) is 53.6 Å². The van der Waals surface area contributed by atoms with Gasteiger partial charge < -0.3 is 39.9 Å². The number of piperidine rings is 1. The van der Waals surface area contributed by atoms with Gasteiger partial charge in [0.15, 0.2) is 11.5 Å². The fourth-order valence-corrected chi connectivity index (χ4v) is 6.01. The number of benzene rings is 3. The topological polar surface area (TPSA) is 131 Å². The smallest absolute Gasteiger partial charge is 0.418 e. The van der Waals surface area contributed by atoms with Gasteiger partial charge in [0.2, 0.25) is 11.8 Å². The zero-order valence-electron chi connectivity index (χ0n) is 36.8. The molecule has 1 saturated carbocycles. The molecule has 0 spiro atoms. The number of hydrogen-bond acceptors (Lipinski definition) is 9. The van der Waals surface area contributed by atoms with Crippen molar-refractivity contribution in [1.29, 1.82) is 0 Å². The lowest BCUT2D eigenvalue weighted by Gasteiger charge is -2.35. The summed E-state index contributed by atoms with van der Waals surface area (Å²) in [6.45, 7) is 17.0. The highest BCUT2D eigenvalue weighted by molar-refractivity contribution is 6.24. The third-order valence-electron chi connectivity index (χ3n) is 9.01. The van der Waals surface area contributed by atoms with Gasteiger partial charge in [-0.15, -0.1) is 11.6 Å². The summed E-state index contributed by atoms with van der Waals surface area (Å²) < 4.78 is 59.4. The summed E-state index contributed by atoms with van der Waals surface area (Å²) in [5, 5.41) is 9.21. The monoisotopic (exact) mass is 861 g/mol. The molecule has 11 nitrogen and oxygen atoms in total. The Labute approximate surface area is 358 Å². The Balaban J connectivity index is 0.00000136. The van der Waals surface area contributed by atoms with Crippen LogP contribution in [0.1, 0.15) is 86.6 Å². The van der Waals surface area contributed by atoms with Crippen LogP contribution >= 0.6 is 11.6 Å². The minimum Gasteiger partial charge on any atom is -0.493 e. The molecule has 1 aromatic heterocycles. The molecule has 332 valence electrons. The molecule has 4 aromatic rings. The van der Waals surface area contributed by atoms with E-state index < -0.39 is 29.0 Å². The van der Waals surface area contributed by atoms with E-state index in [9.17, 15) is 22.8 Å². The van der Waals surface area contributed by atoms with E-state index in [-0.39, 0.29) is 36.1 Å². The van der Waals surface area contributed by atoms with Crippen molar-refractivity contribution in [1.82, 2.24) is 10.3 Å². The molecule has 0 bridgehead atoms. The lowest BCUT2D eigenvalue weighted by Crippen LogP contribution is -2.41. The summed E-state index contributed by atoms with van der Waals surface area (Å²) in [6.07, 6.45) is -0.405. The number of aromatic nitrogens is 1. The van der Waals surface area contributed by atoms with Crippen LogP contribution in [0.4, 0.5) is 30.2 Å². The quantitative estimate of drug-likeness (QED) is 0.0766. The molecule has 15 heteroatoms. The minimum absolute atomic E-state index is 0.0190. The minimum atomic E-state index is -4.63. The second-order valence-corrected chi connectivity index (χ2v) is 12.6. The van der Waals surface area contributed by atoms with E-state index in [2.05, 4.69) is 20.9 Å². The number of ether oxygens (including phenoxy) is 3. The molecule has 1 aliphatic heterocycles. The van der Waals surface area contributed by atoms with E-state index >= 15 is 0 Å². The number of halogens is 4. The first-order chi connectivity index (χ1) is 29.0. The van der Waals surface area contributed by atoms with E-state index in [0.717, 1.165) is 18.9 Å². The number of pyridine rings is 1. The highest BCUT2D eigenvalue weighted by Gasteiger charge is 2.56. The average Bonchev–Trinajstić information content (AvgIpc) is 4.12. The SMILES string of the molecule is CC.CC.CC.CC.CNC1CCN(c2ccc(NC(=O)C3(C(=O)Nc4cccc(Oc5ccnc6cc(OC)c(OC)cc56)c4)CC3)cc2C(F)(F)F)CC1.O=CCCl. The number of rotatable bonds is 11. The maximum Gasteiger partial charge on any atom is 0.418 e. The van der Waals surface area contributed by atoms with Crippen molar-refractivity contribution < 1.29 is 41.8 Å². The van der Waals surface area contributed by atoms with E-state index in [4.69, 9.17) is 30.6 Å². The third kappa shape index (κ3) is 14.3. The van der Waals surface area contributed by atoms with Crippen molar-refractivity contribution in [2.24, 2.45) is 5.41 Å². The van der Waals surface area contributed by atoms with Gasteiger partial charge >= 0.3 is 6.18 Å². The number of methoxy groups -OCH3 is 2. The molecule has 3 N–H and O–H groups in total. The number of alkyl halides is 4. The van der Waals surface area contributed by atoms with Gasteiger partial charge in [0.25, 0.3) is 0 Å². The number of anilines is 3. The van der Waals surface area contributed by atoms with Crippen LogP contribution in [0.25, 0.3) is 10.9 Å². The summed E-state index contributed by atoms with van der Waals surface area (Å²) in [5.74, 6) is 0.843. The molecule has 2 fully saturated rings. The largest absolute Gasteiger partial charge is 0.493 e. The van der Waals surface area contributed by atoms with Crippen LogP contribution in [-0.4, -0.2) is 69.4 Å². The maximum absolute atomic E-state index is 14.2. The number of carbonyl (C=O) groups excluding carboxylic acids is 3. The summed E-state index contributed by atoms with van der Waals surface area (Å²) in [5.41, 5.74) is -1.15. The van der Waals surface area contributed by atoms with E-state index in [1.165, 1.54) is 26.4 Å². The molecule has 60 heavy (non-hydrogen) atoms. The third-order valence-corrected chi connectivity index (χ3v) is 9.14. The molecule has 2 heterocycles. The normalized spacial score (nSPS) is 13.6. The molecule has 3 aromatic carbocycles. The van der Waals surface area contributed by atoms with Gasteiger partial charge in [0, 0.05) is 59.9 Å². The Bertz CT molecular complexity index is 1920. The van der Waals surface area contributed by atoms with E-state index in [1.807, 2.05) is 62.4 Å². The zero-order chi connectivity index (χ0) is 45.5. The van der Waals surface area contributed by atoms with Gasteiger partial charge in [-0.05, 0) is 75.2 Å². The van der Waals surface area contributed by atoms with Crippen molar-refractivity contribution >= 4 is 57.7 Å². The summed E-state index contributed by atoms with van der Waals surface area (Å²) in [6, 6.07) is 15.9. The molecule has 2 aliphatic rings. The summed E-state index contributed by atoms with van der Waals surface area (Å²) in [4.78, 5) is 41.9. The predicted molar refractivity (Wildman–Crippen MR) is 238 cm³/mol. The molecule has 0 atom stereocenters. The van der Waals surface area contributed by atoms with Crippen LogP contribution < -0.4 is 35.1 Å². The van der Waals surface area contributed by atoms with Crippen LogP contribution in [0.5, 0.6) is 23.0 Å². The van der Waals surface area contributed by atoms with Crippen LogP contribution in [0, 0.1) is 5.41 Å². The van der Waals surface area contributed by atoms with Crippen molar-refractivity contribution in [3.63, 3.8) is 0 Å². The molecule has 6 rings (SSSR count). The van der Waals surface area contributed by atoms with Crippen LogP contribution in [-0.2, 0) is 20.6 Å². The van der Waals surface area contributed by atoms with Crippen molar-refractivity contribution in [2.75, 3.05) is 55.8 Å². The maximum atomic E-state index is 14.2. The van der Waals surface area contributed by atoms with Gasteiger partial charge in [0.1, 0.15) is 23.2 Å². The summed E-state index contributed by atoms with van der Waals surface area (Å²) in [7, 11) is 4.92. The van der Waals surface area contributed by atoms with Crippen molar-refractivity contribution in [3.05, 3.63) is 72.4 Å². The number of amides is 2. The van der Waals surface area contributed by atoms with Crippen LogP contribution in [0.2, 0.25) is 0 Å². The lowest BCUT2D eigenvalue weighted by atomic mass is 10.0. The number of aldehydes is 1.